The Morgan fingerprint density at radius 1 is 0.800 bits per heavy atom. The molecule has 2 nitrogen and oxygen atoms in total. The highest BCUT2D eigenvalue weighted by molar-refractivity contribution is 5.78. The number of fused-ring (bicyclic) bond motifs is 7. The second-order valence-corrected chi connectivity index (χ2v) is 14.3. The zero-order valence-electron chi connectivity index (χ0n) is 22.8. The average molecular weight is 477 g/mol. The number of carbonyl (C=O) groups excluding carboxylic acids is 1. The van der Waals surface area contributed by atoms with Crippen molar-refractivity contribution in [2.75, 3.05) is 0 Å². The molecule has 5 aliphatic carbocycles. The van der Waals surface area contributed by atoms with Crippen LogP contribution in [0.1, 0.15) is 110 Å². The molecule has 6 rings (SSSR count). The lowest BCUT2D eigenvalue weighted by Crippen LogP contribution is -2.64. The molecule has 5 aliphatic rings. The van der Waals surface area contributed by atoms with Gasteiger partial charge in [-0.3, -0.25) is 4.79 Å². The van der Waals surface area contributed by atoms with E-state index in [1.54, 1.807) is 0 Å². The quantitative estimate of drug-likeness (QED) is 0.408. The Balaban J connectivity index is 1.27. The number of esters is 1. The van der Waals surface area contributed by atoms with Gasteiger partial charge in [-0.25, -0.2) is 0 Å². The van der Waals surface area contributed by atoms with Crippen molar-refractivity contribution in [3.05, 3.63) is 35.9 Å². The summed E-state index contributed by atoms with van der Waals surface area (Å²) in [6, 6.07) is 10.2. The third-order valence-corrected chi connectivity index (χ3v) is 13.4. The molecule has 0 aromatic heterocycles. The molecule has 5 saturated carbocycles. The highest BCUT2D eigenvalue weighted by Crippen LogP contribution is 2.76. The topological polar surface area (TPSA) is 26.3 Å². The van der Waals surface area contributed by atoms with Crippen molar-refractivity contribution in [3.63, 3.8) is 0 Å². The van der Waals surface area contributed by atoms with Gasteiger partial charge in [0.25, 0.3) is 0 Å². The van der Waals surface area contributed by atoms with Crippen molar-refractivity contribution in [2.45, 2.75) is 111 Å². The van der Waals surface area contributed by atoms with Gasteiger partial charge in [0, 0.05) is 0 Å². The van der Waals surface area contributed by atoms with Crippen molar-refractivity contribution in [2.24, 2.45) is 51.2 Å². The van der Waals surface area contributed by atoms with Crippen LogP contribution in [0, 0.1) is 51.2 Å². The maximum atomic E-state index is 13.8. The zero-order chi connectivity index (χ0) is 24.5. The fourth-order valence-corrected chi connectivity index (χ4v) is 11.5. The minimum atomic E-state index is -0.220. The van der Waals surface area contributed by atoms with Crippen LogP contribution in [0.25, 0.3) is 0 Å². The van der Waals surface area contributed by atoms with E-state index in [0.717, 1.165) is 36.2 Å². The first-order valence-corrected chi connectivity index (χ1v) is 15.0. The van der Waals surface area contributed by atoms with Crippen LogP contribution < -0.4 is 0 Å². The average Bonchev–Trinajstić information content (AvgIpc) is 3.29. The number of ether oxygens (including phenoxy) is 1. The summed E-state index contributed by atoms with van der Waals surface area (Å²) in [5.74, 6) is 4.02. The molecular weight excluding hydrogens is 428 g/mol. The van der Waals surface area contributed by atoms with E-state index in [-0.39, 0.29) is 11.4 Å². The third kappa shape index (κ3) is 3.29. The molecule has 9 atom stereocenters. The van der Waals surface area contributed by atoms with Crippen molar-refractivity contribution < 1.29 is 9.53 Å². The summed E-state index contributed by atoms with van der Waals surface area (Å²) in [5, 5.41) is 0. The summed E-state index contributed by atoms with van der Waals surface area (Å²) < 4.78 is 6.08. The molecular formula is C33H48O2. The van der Waals surface area contributed by atoms with Crippen LogP contribution in [0.4, 0.5) is 0 Å². The molecule has 0 heterocycles. The van der Waals surface area contributed by atoms with Crippen LogP contribution in [0.15, 0.2) is 30.3 Å². The monoisotopic (exact) mass is 476 g/mol. The Morgan fingerprint density at radius 3 is 2.37 bits per heavy atom. The van der Waals surface area contributed by atoms with Crippen LogP contribution in [-0.2, 0) is 16.1 Å². The number of rotatable bonds is 3. The lowest BCUT2D eigenvalue weighted by atomic mass is 9.33. The van der Waals surface area contributed by atoms with E-state index in [4.69, 9.17) is 4.74 Å². The van der Waals surface area contributed by atoms with Crippen LogP contribution in [0.2, 0.25) is 0 Å². The minimum Gasteiger partial charge on any atom is -0.460 e. The van der Waals surface area contributed by atoms with E-state index in [1.807, 2.05) is 18.2 Å². The predicted molar refractivity (Wildman–Crippen MR) is 142 cm³/mol. The molecule has 0 bridgehead atoms. The number of hydrogen-bond acceptors (Lipinski definition) is 2. The van der Waals surface area contributed by atoms with E-state index in [9.17, 15) is 4.79 Å². The smallest absolute Gasteiger partial charge is 0.312 e. The van der Waals surface area contributed by atoms with Crippen LogP contribution in [0.3, 0.4) is 0 Å². The van der Waals surface area contributed by atoms with Crippen LogP contribution in [0.5, 0.6) is 0 Å². The van der Waals surface area contributed by atoms with Gasteiger partial charge in [-0.05, 0) is 109 Å². The maximum Gasteiger partial charge on any atom is 0.312 e. The first-order valence-electron chi connectivity index (χ1n) is 15.0. The molecule has 1 aromatic rings. The van der Waals surface area contributed by atoms with E-state index in [2.05, 4.69) is 39.8 Å². The molecule has 0 aliphatic heterocycles. The van der Waals surface area contributed by atoms with Gasteiger partial charge < -0.3 is 4.74 Å². The largest absolute Gasteiger partial charge is 0.460 e. The van der Waals surface area contributed by atoms with Gasteiger partial charge in [-0.15, -0.1) is 0 Å². The molecule has 0 saturated heterocycles. The Labute approximate surface area is 214 Å². The Morgan fingerprint density at radius 2 is 1.57 bits per heavy atom. The summed E-state index contributed by atoms with van der Waals surface area (Å²) in [6.45, 7) is 11.1. The van der Waals surface area contributed by atoms with Gasteiger partial charge in [0.1, 0.15) is 6.61 Å². The van der Waals surface area contributed by atoms with Crippen molar-refractivity contribution >= 4 is 5.97 Å². The normalized spacial score (nSPS) is 48.7. The molecule has 2 heteroatoms. The van der Waals surface area contributed by atoms with E-state index in [0.29, 0.717) is 34.7 Å². The number of hydrogen-bond donors (Lipinski definition) is 0. The van der Waals surface area contributed by atoms with Crippen molar-refractivity contribution in [3.8, 4) is 0 Å². The summed E-state index contributed by atoms with van der Waals surface area (Å²) in [6.07, 6.45) is 15.7. The van der Waals surface area contributed by atoms with E-state index < -0.39 is 0 Å². The molecule has 0 N–H and O–H groups in total. The first kappa shape index (κ1) is 24.1. The molecule has 0 radical (unpaired) electrons. The van der Waals surface area contributed by atoms with Crippen molar-refractivity contribution in [1.29, 1.82) is 0 Å². The fourth-order valence-electron chi connectivity index (χ4n) is 11.5. The minimum absolute atomic E-state index is 0.120. The lowest BCUT2D eigenvalue weighted by Gasteiger charge is -2.71. The zero-order valence-corrected chi connectivity index (χ0v) is 22.8. The Hall–Kier alpha value is -1.31. The maximum absolute atomic E-state index is 13.8. The molecule has 1 aromatic carbocycles. The predicted octanol–water partition coefficient (Wildman–Crippen LogP) is 8.59. The number of benzene rings is 1. The van der Waals surface area contributed by atoms with Gasteiger partial charge in [0.05, 0.1) is 5.41 Å². The standard InChI is InChI=1S/C33H48O2/c1-23-10-8-17-30(2)25(23)16-19-32(4)28(30)15-14-26-27-13-9-18-33(27,21-20-31(26,32)3)29(34)35-22-24-11-6-5-7-12-24/h5-7,11-12,23,25-28H,8-10,13-22H2,1-4H3/t23?,25?,26?,27?,28?,30?,31-,32?,33?/m1/s1. The second-order valence-electron chi connectivity index (χ2n) is 14.3. The highest BCUT2D eigenvalue weighted by Gasteiger charge is 2.69. The van der Waals surface area contributed by atoms with Gasteiger partial charge in [-0.1, -0.05) is 77.3 Å². The summed E-state index contributed by atoms with van der Waals surface area (Å²) in [7, 11) is 0. The molecule has 35 heavy (non-hydrogen) atoms. The van der Waals surface area contributed by atoms with Crippen LogP contribution >= 0.6 is 0 Å². The molecule has 0 amide bonds. The Bertz CT molecular complexity index is 955. The van der Waals surface area contributed by atoms with Gasteiger partial charge in [0.2, 0.25) is 0 Å². The van der Waals surface area contributed by atoms with Gasteiger partial charge in [-0.2, -0.15) is 0 Å². The third-order valence-electron chi connectivity index (χ3n) is 13.4. The van der Waals surface area contributed by atoms with Gasteiger partial charge >= 0.3 is 5.97 Å². The summed E-state index contributed by atoms with van der Waals surface area (Å²) >= 11 is 0. The summed E-state index contributed by atoms with van der Waals surface area (Å²) in [5.41, 5.74) is 2.19. The van der Waals surface area contributed by atoms with Crippen molar-refractivity contribution in [1.82, 2.24) is 0 Å². The molecule has 0 spiro atoms. The highest BCUT2D eigenvalue weighted by atomic mass is 16.5. The number of carbonyl (C=O) groups is 1. The van der Waals surface area contributed by atoms with E-state index in [1.165, 1.54) is 64.2 Å². The Kier molecular flexibility index (Phi) is 5.74. The van der Waals surface area contributed by atoms with Gasteiger partial charge in [0.15, 0.2) is 0 Å². The molecule has 5 fully saturated rings. The molecule has 8 unspecified atom stereocenters. The summed E-state index contributed by atoms with van der Waals surface area (Å²) in [4.78, 5) is 13.8. The van der Waals surface area contributed by atoms with E-state index >= 15 is 0 Å². The fraction of sp³-hybridized carbons (Fsp3) is 0.788. The SMILES string of the molecule is CC1CCCC2(C)C1CCC1(C)C2CCC2C3CCCC3(C(=O)OCc3ccccc3)CC[C@]21C. The second kappa shape index (κ2) is 8.35. The van der Waals surface area contributed by atoms with Crippen LogP contribution in [-0.4, -0.2) is 5.97 Å². The first-order chi connectivity index (χ1) is 16.7. The molecule has 192 valence electrons. The lowest BCUT2D eigenvalue weighted by molar-refractivity contribution is -0.229.